The molecule has 94 valence electrons. The standard InChI is InChI=1S/C14H16ClN3/c1-9(2)11-5-4-6-12(7-11)18-14-8-13(15)16-10(3)17-14/h4-9H,1-3H3,(H,16,17,18). The second-order valence-electron chi connectivity index (χ2n) is 4.53. The van der Waals surface area contributed by atoms with Crippen LogP contribution in [0.5, 0.6) is 0 Å². The van der Waals surface area contributed by atoms with Crippen LogP contribution in [0.4, 0.5) is 11.5 Å². The Kier molecular flexibility index (Phi) is 3.82. The van der Waals surface area contributed by atoms with E-state index in [2.05, 4.69) is 41.3 Å². The second-order valence-corrected chi connectivity index (χ2v) is 4.92. The first kappa shape index (κ1) is 12.8. The van der Waals surface area contributed by atoms with Crippen molar-refractivity contribution in [2.75, 3.05) is 5.32 Å². The van der Waals surface area contributed by atoms with Crippen molar-refractivity contribution in [1.82, 2.24) is 9.97 Å². The molecule has 1 heterocycles. The lowest BCUT2D eigenvalue weighted by atomic mass is 10.0. The predicted octanol–water partition coefficient (Wildman–Crippen LogP) is 4.31. The molecule has 2 aromatic rings. The third-order valence-corrected chi connectivity index (χ3v) is 2.83. The number of nitrogens with one attached hydrogen (secondary N) is 1. The van der Waals surface area contributed by atoms with Crippen LogP contribution in [0.15, 0.2) is 30.3 Å². The number of aryl methyl sites for hydroxylation is 1. The van der Waals surface area contributed by atoms with Crippen LogP contribution in [0.3, 0.4) is 0 Å². The van der Waals surface area contributed by atoms with Crippen LogP contribution >= 0.6 is 11.6 Å². The molecule has 1 N–H and O–H groups in total. The summed E-state index contributed by atoms with van der Waals surface area (Å²) in [6, 6.07) is 10.0. The van der Waals surface area contributed by atoms with Crippen molar-refractivity contribution in [3.63, 3.8) is 0 Å². The van der Waals surface area contributed by atoms with Crippen molar-refractivity contribution in [1.29, 1.82) is 0 Å². The Bertz CT molecular complexity index is 532. The lowest BCUT2D eigenvalue weighted by molar-refractivity contribution is 0.867. The number of rotatable bonds is 3. The number of halogens is 1. The highest BCUT2D eigenvalue weighted by Crippen LogP contribution is 2.22. The number of anilines is 2. The summed E-state index contributed by atoms with van der Waals surface area (Å²) in [6.07, 6.45) is 0. The molecule has 4 heteroatoms. The van der Waals surface area contributed by atoms with Gasteiger partial charge in [0, 0.05) is 11.8 Å². The van der Waals surface area contributed by atoms with Gasteiger partial charge in [0.05, 0.1) is 0 Å². The maximum absolute atomic E-state index is 5.91. The van der Waals surface area contributed by atoms with Crippen LogP contribution < -0.4 is 5.32 Å². The fraction of sp³-hybridized carbons (Fsp3) is 0.286. The van der Waals surface area contributed by atoms with Gasteiger partial charge in [-0.25, -0.2) is 9.97 Å². The summed E-state index contributed by atoms with van der Waals surface area (Å²) in [5, 5.41) is 3.69. The topological polar surface area (TPSA) is 37.8 Å². The molecule has 0 amide bonds. The second kappa shape index (κ2) is 5.36. The first-order chi connectivity index (χ1) is 8.54. The van der Waals surface area contributed by atoms with Crippen molar-refractivity contribution in [3.8, 4) is 0 Å². The minimum atomic E-state index is 0.449. The van der Waals surface area contributed by atoms with Gasteiger partial charge in [0.15, 0.2) is 0 Å². The molecule has 0 spiro atoms. The maximum Gasteiger partial charge on any atom is 0.135 e. The largest absolute Gasteiger partial charge is 0.340 e. The van der Waals surface area contributed by atoms with Crippen LogP contribution in [0.1, 0.15) is 31.2 Å². The van der Waals surface area contributed by atoms with Crippen molar-refractivity contribution >= 4 is 23.1 Å². The summed E-state index contributed by atoms with van der Waals surface area (Å²) in [5.74, 6) is 1.88. The van der Waals surface area contributed by atoms with E-state index in [9.17, 15) is 0 Å². The Morgan fingerprint density at radius 3 is 2.61 bits per heavy atom. The van der Waals surface area contributed by atoms with Crippen molar-refractivity contribution in [3.05, 3.63) is 46.9 Å². The molecule has 0 saturated carbocycles. The van der Waals surface area contributed by atoms with Crippen molar-refractivity contribution in [2.45, 2.75) is 26.7 Å². The summed E-state index contributed by atoms with van der Waals surface area (Å²) >= 11 is 5.91. The lowest BCUT2D eigenvalue weighted by Gasteiger charge is -2.10. The van der Waals surface area contributed by atoms with E-state index in [0.717, 1.165) is 5.69 Å². The normalized spacial score (nSPS) is 10.7. The third-order valence-electron chi connectivity index (χ3n) is 2.63. The smallest absolute Gasteiger partial charge is 0.135 e. The number of hydrogen-bond donors (Lipinski definition) is 1. The van der Waals surface area contributed by atoms with Gasteiger partial charge in [0.25, 0.3) is 0 Å². The van der Waals surface area contributed by atoms with E-state index in [1.165, 1.54) is 5.56 Å². The summed E-state index contributed by atoms with van der Waals surface area (Å²) in [7, 11) is 0. The van der Waals surface area contributed by atoms with Gasteiger partial charge in [-0.2, -0.15) is 0 Å². The van der Waals surface area contributed by atoms with Gasteiger partial charge in [-0.1, -0.05) is 37.6 Å². The molecule has 18 heavy (non-hydrogen) atoms. The Labute approximate surface area is 112 Å². The van der Waals surface area contributed by atoms with Crippen LogP contribution in [0.2, 0.25) is 5.15 Å². The number of nitrogens with zero attached hydrogens (tertiary/aromatic N) is 2. The summed E-state index contributed by atoms with van der Waals surface area (Å²) in [6.45, 7) is 6.16. The van der Waals surface area contributed by atoms with E-state index < -0.39 is 0 Å². The Morgan fingerprint density at radius 1 is 1.17 bits per heavy atom. The van der Waals surface area contributed by atoms with Crippen molar-refractivity contribution < 1.29 is 0 Å². The van der Waals surface area contributed by atoms with Crippen LogP contribution in [-0.4, -0.2) is 9.97 Å². The Balaban J connectivity index is 2.25. The molecule has 0 atom stereocenters. The fourth-order valence-corrected chi connectivity index (χ4v) is 1.94. The van der Waals surface area contributed by atoms with Gasteiger partial charge < -0.3 is 5.32 Å². The predicted molar refractivity (Wildman–Crippen MR) is 75.6 cm³/mol. The van der Waals surface area contributed by atoms with E-state index in [4.69, 9.17) is 11.6 Å². The molecule has 1 aromatic heterocycles. The van der Waals surface area contributed by atoms with Gasteiger partial charge in [-0.05, 0) is 30.5 Å². The molecule has 0 unspecified atom stereocenters. The van der Waals surface area contributed by atoms with E-state index in [-0.39, 0.29) is 0 Å². The highest BCUT2D eigenvalue weighted by molar-refractivity contribution is 6.29. The van der Waals surface area contributed by atoms with E-state index >= 15 is 0 Å². The van der Waals surface area contributed by atoms with Gasteiger partial charge in [0.2, 0.25) is 0 Å². The average molecular weight is 262 g/mol. The highest BCUT2D eigenvalue weighted by atomic mass is 35.5. The van der Waals surface area contributed by atoms with Crippen LogP contribution in [-0.2, 0) is 0 Å². The molecule has 0 aliphatic heterocycles. The summed E-state index contributed by atoms with van der Waals surface area (Å²) in [4.78, 5) is 8.33. The number of aromatic nitrogens is 2. The molecule has 1 aromatic carbocycles. The molecule has 0 saturated heterocycles. The first-order valence-corrected chi connectivity index (χ1v) is 6.30. The lowest BCUT2D eigenvalue weighted by Crippen LogP contribution is -1.98. The molecule has 2 rings (SSSR count). The minimum Gasteiger partial charge on any atom is -0.340 e. The molecule has 0 aliphatic rings. The minimum absolute atomic E-state index is 0.449. The maximum atomic E-state index is 5.91. The zero-order valence-electron chi connectivity index (χ0n) is 10.7. The van der Waals surface area contributed by atoms with Gasteiger partial charge in [-0.3, -0.25) is 0 Å². The molecule has 0 aliphatic carbocycles. The molecular formula is C14H16ClN3. The zero-order valence-corrected chi connectivity index (χ0v) is 11.5. The van der Waals surface area contributed by atoms with E-state index in [0.29, 0.717) is 22.7 Å². The quantitative estimate of drug-likeness (QED) is 0.837. The Morgan fingerprint density at radius 2 is 1.94 bits per heavy atom. The zero-order chi connectivity index (χ0) is 13.1. The average Bonchev–Trinajstić information content (AvgIpc) is 2.27. The van der Waals surface area contributed by atoms with Crippen LogP contribution in [0.25, 0.3) is 0 Å². The molecular weight excluding hydrogens is 246 g/mol. The van der Waals surface area contributed by atoms with Gasteiger partial charge >= 0.3 is 0 Å². The Hall–Kier alpha value is -1.61. The number of benzene rings is 1. The number of hydrogen-bond acceptors (Lipinski definition) is 3. The third kappa shape index (κ3) is 3.20. The van der Waals surface area contributed by atoms with E-state index in [1.807, 2.05) is 19.1 Å². The van der Waals surface area contributed by atoms with E-state index in [1.54, 1.807) is 6.07 Å². The monoisotopic (exact) mass is 261 g/mol. The van der Waals surface area contributed by atoms with Gasteiger partial charge in [0.1, 0.15) is 16.8 Å². The fourth-order valence-electron chi connectivity index (χ4n) is 1.72. The highest BCUT2D eigenvalue weighted by Gasteiger charge is 2.03. The summed E-state index contributed by atoms with van der Waals surface area (Å²) < 4.78 is 0. The molecule has 3 nitrogen and oxygen atoms in total. The van der Waals surface area contributed by atoms with Gasteiger partial charge in [-0.15, -0.1) is 0 Å². The molecule has 0 fully saturated rings. The SMILES string of the molecule is Cc1nc(Cl)cc(Nc2cccc(C(C)C)c2)n1. The summed E-state index contributed by atoms with van der Waals surface area (Å²) in [5.41, 5.74) is 2.30. The molecule has 0 radical (unpaired) electrons. The van der Waals surface area contributed by atoms with Crippen LogP contribution in [0, 0.1) is 6.92 Å². The first-order valence-electron chi connectivity index (χ1n) is 5.93. The van der Waals surface area contributed by atoms with Crippen molar-refractivity contribution in [2.24, 2.45) is 0 Å². The molecule has 0 bridgehead atoms.